The molecule has 2 aromatic rings. The Morgan fingerprint density at radius 2 is 1.64 bits per heavy atom. The van der Waals surface area contributed by atoms with E-state index >= 15 is 0 Å². The van der Waals surface area contributed by atoms with Gasteiger partial charge in [0.05, 0.1) is 13.2 Å². The molecule has 1 aliphatic rings. The number of nitrogens with one attached hydrogen (secondary N) is 1. The predicted octanol–water partition coefficient (Wildman–Crippen LogP) is 4.37. The average molecular weight is 358 g/mol. The Balaban J connectivity index is 1.60. The van der Waals surface area contributed by atoms with Crippen LogP contribution in [-0.2, 0) is 13.6 Å². The molecule has 0 amide bonds. The average Bonchev–Trinajstić information content (AvgIpc) is 2.65. The quantitative estimate of drug-likeness (QED) is 0.637. The van der Waals surface area contributed by atoms with Crippen molar-refractivity contribution in [2.45, 2.75) is 25.4 Å². The summed E-state index contributed by atoms with van der Waals surface area (Å²) in [5, 5.41) is 2.98. The second-order valence-corrected chi connectivity index (χ2v) is 8.24. The van der Waals surface area contributed by atoms with Crippen LogP contribution in [0.15, 0.2) is 65.7 Å². The molecule has 0 aromatic heterocycles. The molecule has 2 aromatic carbocycles. The molecule has 0 spiro atoms. The highest BCUT2D eigenvalue weighted by molar-refractivity contribution is 7.51. The van der Waals surface area contributed by atoms with Crippen LogP contribution < -0.4 is 5.09 Å². The van der Waals surface area contributed by atoms with Gasteiger partial charge in [-0.1, -0.05) is 60.7 Å². The number of hydrogen-bond donors (Lipinski definition) is 1. The Morgan fingerprint density at radius 1 is 1.08 bits per heavy atom. The van der Waals surface area contributed by atoms with Gasteiger partial charge in [-0.05, 0) is 25.0 Å². The molecule has 0 aliphatic carbocycles. The molecule has 25 heavy (non-hydrogen) atoms. The molecule has 3 rings (SSSR count). The van der Waals surface area contributed by atoms with Crippen molar-refractivity contribution in [2.75, 3.05) is 13.2 Å². The molecule has 6 heteroatoms. The van der Waals surface area contributed by atoms with Crippen LogP contribution in [0.25, 0.3) is 0 Å². The maximum Gasteiger partial charge on any atom is 0.406 e. The van der Waals surface area contributed by atoms with E-state index in [0.717, 1.165) is 11.1 Å². The van der Waals surface area contributed by atoms with Crippen LogP contribution in [0.5, 0.6) is 0 Å². The lowest BCUT2D eigenvalue weighted by molar-refractivity contribution is 0.0758. The van der Waals surface area contributed by atoms with Crippen LogP contribution in [0.2, 0.25) is 0 Å². The van der Waals surface area contributed by atoms with Crippen LogP contribution in [0, 0.1) is 0 Å². The van der Waals surface area contributed by atoms with E-state index in [2.05, 4.69) is 10.1 Å². The Labute approximate surface area is 148 Å². The third-order valence-electron chi connectivity index (χ3n) is 4.07. The van der Waals surface area contributed by atoms with Gasteiger partial charge in [0.25, 0.3) is 0 Å². The van der Waals surface area contributed by atoms with E-state index in [1.54, 1.807) is 6.21 Å². The highest BCUT2D eigenvalue weighted by Crippen LogP contribution is 2.50. The molecular weight excluding hydrogens is 335 g/mol. The van der Waals surface area contributed by atoms with Gasteiger partial charge in [0.1, 0.15) is 5.54 Å². The van der Waals surface area contributed by atoms with E-state index in [1.165, 1.54) is 0 Å². The van der Waals surface area contributed by atoms with Gasteiger partial charge < -0.3 is 0 Å². The number of rotatable bonds is 5. The lowest BCUT2D eigenvalue weighted by atomic mass is 10.1. The third kappa shape index (κ3) is 4.86. The first-order valence-electron chi connectivity index (χ1n) is 8.30. The maximum atomic E-state index is 12.8. The summed E-state index contributed by atoms with van der Waals surface area (Å²) in [6.45, 7) is 4.34. The van der Waals surface area contributed by atoms with Crippen molar-refractivity contribution in [3.63, 3.8) is 0 Å². The monoisotopic (exact) mass is 358 g/mol. The van der Waals surface area contributed by atoms with Crippen molar-refractivity contribution in [2.24, 2.45) is 4.99 Å². The maximum absolute atomic E-state index is 12.8. The summed E-state index contributed by atoms with van der Waals surface area (Å²) in [6.07, 6.45) is 1.79. The van der Waals surface area contributed by atoms with E-state index in [9.17, 15) is 4.57 Å². The van der Waals surface area contributed by atoms with Crippen molar-refractivity contribution in [1.82, 2.24) is 5.09 Å². The third-order valence-corrected chi connectivity index (χ3v) is 5.71. The Hall–Kier alpha value is -1.78. The molecule has 132 valence electrons. The minimum absolute atomic E-state index is 0.135. The van der Waals surface area contributed by atoms with Gasteiger partial charge >= 0.3 is 7.75 Å². The zero-order chi connectivity index (χ0) is 17.8. The zero-order valence-electron chi connectivity index (χ0n) is 14.5. The van der Waals surface area contributed by atoms with Crippen molar-refractivity contribution in [3.8, 4) is 0 Å². The second kappa shape index (κ2) is 7.63. The molecule has 0 bridgehead atoms. The molecule has 0 unspecified atom stereocenters. The van der Waals surface area contributed by atoms with E-state index in [0.29, 0.717) is 0 Å². The highest BCUT2D eigenvalue weighted by Gasteiger charge is 2.40. The summed E-state index contributed by atoms with van der Waals surface area (Å²) >= 11 is 0. The molecule has 1 fully saturated rings. The number of benzene rings is 2. The molecular formula is C19H23N2O3P. The fraction of sp³-hybridized carbons (Fsp3) is 0.316. The van der Waals surface area contributed by atoms with Gasteiger partial charge in [0.15, 0.2) is 0 Å². The van der Waals surface area contributed by atoms with Crippen LogP contribution >= 0.6 is 7.75 Å². The number of hydrogen-bond acceptors (Lipinski definition) is 4. The van der Waals surface area contributed by atoms with Gasteiger partial charge in [0, 0.05) is 12.3 Å². The molecule has 0 saturated carbocycles. The summed E-state index contributed by atoms with van der Waals surface area (Å²) in [5.74, 6) is 0. The van der Waals surface area contributed by atoms with E-state index in [4.69, 9.17) is 9.05 Å². The number of aliphatic imine (C=N–C) groups is 1. The Bertz CT molecular complexity index is 753. The van der Waals surface area contributed by atoms with Gasteiger partial charge in [0.2, 0.25) is 0 Å². The topological polar surface area (TPSA) is 59.9 Å². The van der Waals surface area contributed by atoms with Crippen LogP contribution in [0.3, 0.4) is 0 Å². The first-order valence-corrected chi connectivity index (χ1v) is 9.84. The van der Waals surface area contributed by atoms with Crippen molar-refractivity contribution < 1.29 is 13.6 Å². The van der Waals surface area contributed by atoms with Crippen molar-refractivity contribution in [1.29, 1.82) is 0 Å². The van der Waals surface area contributed by atoms with Gasteiger partial charge in [-0.15, -0.1) is 0 Å². The molecule has 1 atom stereocenters. The Kier molecular flexibility index (Phi) is 5.50. The normalized spacial score (nSPS) is 28.1. The van der Waals surface area contributed by atoms with E-state index in [1.807, 2.05) is 74.5 Å². The van der Waals surface area contributed by atoms with Crippen molar-refractivity contribution in [3.05, 3.63) is 71.8 Å². The SMILES string of the molecule is C[C@H](NP1(=O)OCC(C)(N=Cc2ccccc2)CO1)c1ccccc1. The standard InChI is InChI=1S/C19H23N2O3P/c1-16(18-11-7-4-8-12-18)21-25(22)23-14-19(2,15-24-25)20-13-17-9-5-3-6-10-17/h3-13,16H,14-15H2,1-2H3,(H,21,22)/t16-,19?,25?/m0/s1. The largest absolute Gasteiger partial charge is 0.406 e. The van der Waals surface area contributed by atoms with Crippen LogP contribution in [0.1, 0.15) is 31.0 Å². The fourth-order valence-electron chi connectivity index (χ4n) is 2.50. The summed E-state index contributed by atoms with van der Waals surface area (Å²) in [6, 6.07) is 19.5. The molecule has 5 nitrogen and oxygen atoms in total. The fourth-order valence-corrected chi connectivity index (χ4v) is 4.24. The van der Waals surface area contributed by atoms with Crippen LogP contribution in [-0.4, -0.2) is 25.0 Å². The number of nitrogens with zero attached hydrogens (tertiary/aromatic N) is 1. The summed E-state index contributed by atoms with van der Waals surface area (Å²) in [5.41, 5.74) is 1.48. The summed E-state index contributed by atoms with van der Waals surface area (Å²) < 4.78 is 23.9. The summed E-state index contributed by atoms with van der Waals surface area (Å²) in [7, 11) is -3.33. The molecule has 1 saturated heterocycles. The highest BCUT2D eigenvalue weighted by atomic mass is 31.2. The van der Waals surface area contributed by atoms with E-state index in [-0.39, 0.29) is 19.3 Å². The van der Waals surface area contributed by atoms with Crippen molar-refractivity contribution >= 4 is 14.0 Å². The van der Waals surface area contributed by atoms with Gasteiger partial charge in [-0.25, -0.2) is 9.65 Å². The summed E-state index contributed by atoms with van der Waals surface area (Å²) in [4.78, 5) is 4.56. The van der Waals surface area contributed by atoms with Crippen LogP contribution in [0.4, 0.5) is 0 Å². The lowest BCUT2D eigenvalue weighted by Crippen LogP contribution is -2.40. The Morgan fingerprint density at radius 3 is 2.24 bits per heavy atom. The first-order chi connectivity index (χ1) is 12.0. The van der Waals surface area contributed by atoms with Gasteiger partial charge in [-0.2, -0.15) is 0 Å². The molecule has 1 heterocycles. The van der Waals surface area contributed by atoms with E-state index < -0.39 is 13.3 Å². The minimum Gasteiger partial charge on any atom is -0.294 e. The first kappa shape index (κ1) is 18.0. The van der Waals surface area contributed by atoms with Gasteiger partial charge in [-0.3, -0.25) is 14.0 Å². The predicted molar refractivity (Wildman–Crippen MR) is 99.9 cm³/mol. The second-order valence-electron chi connectivity index (χ2n) is 6.47. The molecule has 0 radical (unpaired) electrons. The zero-order valence-corrected chi connectivity index (χ0v) is 15.4. The minimum atomic E-state index is -3.33. The lowest BCUT2D eigenvalue weighted by Gasteiger charge is -2.35. The molecule has 1 N–H and O–H groups in total. The molecule has 1 aliphatic heterocycles. The smallest absolute Gasteiger partial charge is 0.294 e.